The summed E-state index contributed by atoms with van der Waals surface area (Å²) in [6.45, 7) is 3.99. The fourth-order valence-electron chi connectivity index (χ4n) is 2.09. The molecule has 0 atom stereocenters. The van der Waals surface area contributed by atoms with E-state index in [1.807, 2.05) is 26.0 Å². The van der Waals surface area contributed by atoms with Crippen molar-refractivity contribution in [3.05, 3.63) is 51.2 Å². The van der Waals surface area contributed by atoms with Gasteiger partial charge in [-0.3, -0.25) is 0 Å². The van der Waals surface area contributed by atoms with Gasteiger partial charge in [0.15, 0.2) is 5.65 Å². The second-order valence-electron chi connectivity index (χ2n) is 4.49. The molecule has 6 heteroatoms. The topological polar surface area (TPSA) is 39.4 Å². The highest BCUT2D eigenvalue weighted by Gasteiger charge is 2.11. The molecule has 3 rings (SSSR count). The van der Waals surface area contributed by atoms with Crippen LogP contribution in [0.1, 0.15) is 11.1 Å². The summed E-state index contributed by atoms with van der Waals surface area (Å²) in [5, 5.41) is 4.57. The number of hydrogen-bond acceptors (Lipinski definition) is 3. The van der Waals surface area contributed by atoms with Gasteiger partial charge in [-0.25, -0.2) is 4.98 Å². The normalized spacial score (nSPS) is 11.0. The van der Waals surface area contributed by atoms with Gasteiger partial charge in [-0.1, -0.05) is 27.5 Å². The van der Waals surface area contributed by atoms with E-state index in [9.17, 15) is 0 Å². The first-order valence-electron chi connectivity index (χ1n) is 5.99. The number of rotatable bonds is 2. The number of aromatic nitrogens is 3. The van der Waals surface area contributed by atoms with Gasteiger partial charge in [-0.05, 0) is 37.1 Å². The molecule has 0 amide bonds. The third-order valence-corrected chi connectivity index (χ3v) is 3.58. The molecular weight excluding hydrogens is 342 g/mol. The lowest BCUT2D eigenvalue weighted by Crippen LogP contribution is -1.99. The van der Waals surface area contributed by atoms with Crippen LogP contribution in [0, 0.1) is 13.8 Å². The van der Waals surface area contributed by atoms with Crippen LogP contribution in [-0.2, 0) is 0 Å². The molecule has 0 saturated carbocycles. The average Bonchev–Trinajstić information content (AvgIpc) is 2.81. The molecule has 0 saturated heterocycles. The van der Waals surface area contributed by atoms with Crippen LogP contribution in [0.15, 0.2) is 34.9 Å². The summed E-state index contributed by atoms with van der Waals surface area (Å²) in [5.74, 6) is 1.34. The van der Waals surface area contributed by atoms with Gasteiger partial charge in [0.05, 0.1) is 6.20 Å². The summed E-state index contributed by atoms with van der Waals surface area (Å²) >= 11 is 9.49. The van der Waals surface area contributed by atoms with Crippen molar-refractivity contribution in [3.63, 3.8) is 0 Å². The van der Waals surface area contributed by atoms with Gasteiger partial charge in [0, 0.05) is 16.6 Å². The molecule has 0 aliphatic heterocycles. The van der Waals surface area contributed by atoms with E-state index in [4.69, 9.17) is 16.3 Å². The van der Waals surface area contributed by atoms with Crippen molar-refractivity contribution in [2.75, 3.05) is 0 Å². The Bertz CT molecular complexity index is 777. The van der Waals surface area contributed by atoms with Gasteiger partial charge in [0.1, 0.15) is 10.9 Å². The number of hydrogen-bond donors (Lipinski definition) is 0. The van der Waals surface area contributed by atoms with E-state index < -0.39 is 0 Å². The fraction of sp³-hybridized carbons (Fsp3) is 0.143. The Morgan fingerprint density at radius 2 is 1.90 bits per heavy atom. The molecule has 0 fully saturated rings. The van der Waals surface area contributed by atoms with Crippen molar-refractivity contribution < 1.29 is 4.74 Å². The summed E-state index contributed by atoms with van der Waals surface area (Å²) in [6, 6.07) is 7.44. The van der Waals surface area contributed by atoms with Gasteiger partial charge in [-0.2, -0.15) is 9.61 Å². The van der Waals surface area contributed by atoms with Crippen molar-refractivity contribution in [2.24, 2.45) is 0 Å². The summed E-state index contributed by atoms with van der Waals surface area (Å²) in [5.41, 5.74) is 2.72. The Morgan fingerprint density at radius 3 is 2.60 bits per heavy atom. The second kappa shape index (κ2) is 5.07. The number of nitrogens with zero attached hydrogens (tertiary/aromatic N) is 3. The number of fused-ring (bicyclic) bond motifs is 1. The molecule has 4 nitrogen and oxygen atoms in total. The van der Waals surface area contributed by atoms with Crippen molar-refractivity contribution in [3.8, 4) is 11.6 Å². The molecule has 0 aliphatic carbocycles. The molecule has 0 unspecified atom stereocenters. The lowest BCUT2D eigenvalue weighted by Gasteiger charge is -2.13. The summed E-state index contributed by atoms with van der Waals surface area (Å²) in [7, 11) is 0. The third-order valence-electron chi connectivity index (χ3n) is 2.93. The number of ether oxygens (including phenoxy) is 1. The predicted octanol–water partition coefficient (Wildman–Crippen LogP) is 4.55. The minimum atomic E-state index is 0.375. The van der Waals surface area contributed by atoms with Crippen molar-refractivity contribution in [1.82, 2.24) is 14.6 Å². The lowest BCUT2D eigenvalue weighted by atomic mass is 10.1. The first-order valence-corrected chi connectivity index (χ1v) is 7.16. The van der Waals surface area contributed by atoms with Crippen LogP contribution < -0.4 is 4.74 Å². The Morgan fingerprint density at radius 1 is 1.20 bits per heavy atom. The second-order valence-corrected chi connectivity index (χ2v) is 5.79. The Labute approximate surface area is 129 Å². The maximum atomic E-state index is 6.01. The average molecular weight is 353 g/mol. The molecule has 2 aromatic heterocycles. The minimum absolute atomic E-state index is 0.375. The number of aryl methyl sites for hydroxylation is 2. The maximum absolute atomic E-state index is 6.01. The van der Waals surface area contributed by atoms with Crippen molar-refractivity contribution in [2.45, 2.75) is 13.8 Å². The summed E-state index contributed by atoms with van der Waals surface area (Å²) in [4.78, 5) is 4.18. The fourth-order valence-corrected chi connectivity index (χ4v) is 2.96. The van der Waals surface area contributed by atoms with E-state index in [1.54, 1.807) is 22.8 Å². The van der Waals surface area contributed by atoms with E-state index in [0.29, 0.717) is 16.7 Å². The van der Waals surface area contributed by atoms with Gasteiger partial charge in [-0.15, -0.1) is 0 Å². The van der Waals surface area contributed by atoms with E-state index in [2.05, 4.69) is 26.0 Å². The molecule has 3 aromatic rings. The van der Waals surface area contributed by atoms with Crippen LogP contribution in [-0.4, -0.2) is 14.6 Å². The van der Waals surface area contributed by atoms with Crippen LogP contribution in [0.4, 0.5) is 0 Å². The molecule has 0 N–H and O–H groups in total. The Hall–Kier alpha value is -1.59. The first-order chi connectivity index (χ1) is 9.54. The van der Waals surface area contributed by atoms with E-state index in [-0.39, 0.29) is 0 Å². The molecule has 0 radical (unpaired) electrons. The highest BCUT2D eigenvalue weighted by molar-refractivity contribution is 9.10. The highest BCUT2D eigenvalue weighted by atomic mass is 79.9. The van der Waals surface area contributed by atoms with Crippen molar-refractivity contribution in [1.29, 1.82) is 0 Å². The molecule has 20 heavy (non-hydrogen) atoms. The summed E-state index contributed by atoms with van der Waals surface area (Å²) in [6.07, 6.45) is 1.66. The monoisotopic (exact) mass is 351 g/mol. The number of benzene rings is 1. The molecule has 102 valence electrons. The molecule has 0 bridgehead atoms. The third kappa shape index (κ3) is 2.39. The van der Waals surface area contributed by atoms with Gasteiger partial charge >= 0.3 is 0 Å². The smallest absolute Gasteiger partial charge is 0.225 e. The maximum Gasteiger partial charge on any atom is 0.225 e. The lowest BCUT2D eigenvalue weighted by molar-refractivity contribution is 0.440. The van der Waals surface area contributed by atoms with Crippen LogP contribution in [0.2, 0.25) is 5.15 Å². The van der Waals surface area contributed by atoms with Crippen LogP contribution >= 0.6 is 27.5 Å². The zero-order chi connectivity index (χ0) is 14.3. The zero-order valence-corrected chi connectivity index (χ0v) is 13.2. The van der Waals surface area contributed by atoms with E-state index in [0.717, 1.165) is 21.3 Å². The van der Waals surface area contributed by atoms with Crippen LogP contribution in [0.3, 0.4) is 0 Å². The van der Waals surface area contributed by atoms with Gasteiger partial charge < -0.3 is 4.74 Å². The van der Waals surface area contributed by atoms with Gasteiger partial charge in [0.25, 0.3) is 0 Å². The predicted molar refractivity (Wildman–Crippen MR) is 81.7 cm³/mol. The van der Waals surface area contributed by atoms with E-state index in [1.165, 1.54) is 0 Å². The Balaban J connectivity index is 2.12. The SMILES string of the molecule is Cc1cc(Br)cc(C)c1Oc1cc(Cl)nc2ccnn12. The van der Waals surface area contributed by atoms with Crippen LogP contribution in [0.25, 0.3) is 5.65 Å². The Kier molecular flexibility index (Phi) is 3.40. The summed E-state index contributed by atoms with van der Waals surface area (Å²) < 4.78 is 8.65. The molecule has 1 aromatic carbocycles. The minimum Gasteiger partial charge on any atom is -0.438 e. The quantitative estimate of drug-likeness (QED) is 0.635. The van der Waals surface area contributed by atoms with E-state index >= 15 is 0 Å². The van der Waals surface area contributed by atoms with Gasteiger partial charge in [0.2, 0.25) is 5.88 Å². The largest absolute Gasteiger partial charge is 0.438 e. The molecule has 0 spiro atoms. The molecular formula is C14H11BrClN3O. The highest BCUT2D eigenvalue weighted by Crippen LogP contribution is 2.32. The molecule has 2 heterocycles. The van der Waals surface area contributed by atoms with Crippen LogP contribution in [0.5, 0.6) is 11.6 Å². The number of halogens is 2. The molecule has 0 aliphatic rings. The first kappa shape index (κ1) is 13.4. The van der Waals surface area contributed by atoms with Crippen molar-refractivity contribution >= 4 is 33.2 Å². The standard InChI is InChI=1S/C14H11BrClN3O/c1-8-5-10(15)6-9(2)14(8)20-13-7-11(16)18-12-3-4-17-19(12)13/h3-7H,1-2H3. The zero-order valence-electron chi connectivity index (χ0n) is 10.9.